The van der Waals surface area contributed by atoms with Crippen molar-refractivity contribution in [3.05, 3.63) is 0 Å². The molecule has 108 valence electrons. The highest BCUT2D eigenvalue weighted by molar-refractivity contribution is 5.89. The van der Waals surface area contributed by atoms with Crippen molar-refractivity contribution in [2.24, 2.45) is 0 Å². The van der Waals surface area contributed by atoms with E-state index in [0.29, 0.717) is 13.0 Å². The third-order valence-corrected chi connectivity index (χ3v) is 3.07. The Labute approximate surface area is 112 Å². The second-order valence-electron chi connectivity index (χ2n) is 5.70. The molecule has 1 rings (SSSR count). The van der Waals surface area contributed by atoms with Gasteiger partial charge in [-0.3, -0.25) is 9.59 Å². The Morgan fingerprint density at radius 1 is 1.47 bits per heavy atom. The molecule has 0 bridgehead atoms. The van der Waals surface area contributed by atoms with Crippen LogP contribution in [0, 0.1) is 0 Å². The number of carbonyl (C=O) groups excluding carboxylic acids is 2. The van der Waals surface area contributed by atoms with Crippen LogP contribution in [0.1, 0.15) is 27.2 Å². The van der Waals surface area contributed by atoms with E-state index in [0.717, 1.165) is 0 Å². The zero-order valence-corrected chi connectivity index (χ0v) is 11.8. The molecule has 19 heavy (non-hydrogen) atoms. The van der Waals surface area contributed by atoms with Crippen LogP contribution in [0.4, 0.5) is 4.79 Å². The molecular weight excluding hydrogens is 250 g/mol. The van der Waals surface area contributed by atoms with E-state index in [9.17, 15) is 14.4 Å². The van der Waals surface area contributed by atoms with E-state index in [2.05, 4.69) is 5.32 Å². The molecule has 1 heterocycles. The summed E-state index contributed by atoms with van der Waals surface area (Å²) in [5, 5.41) is 11.5. The first kappa shape index (κ1) is 15.3. The van der Waals surface area contributed by atoms with Gasteiger partial charge >= 0.3 is 12.0 Å². The first-order chi connectivity index (χ1) is 8.62. The summed E-state index contributed by atoms with van der Waals surface area (Å²) in [6.07, 6.45) is 0.548. The van der Waals surface area contributed by atoms with Crippen molar-refractivity contribution in [3.63, 3.8) is 0 Å². The number of rotatable bonds is 3. The molecule has 2 N–H and O–H groups in total. The van der Waals surface area contributed by atoms with Crippen molar-refractivity contribution in [2.75, 3.05) is 20.1 Å². The molecule has 1 saturated heterocycles. The Bertz CT molecular complexity index is 389. The van der Waals surface area contributed by atoms with Gasteiger partial charge in [0.1, 0.15) is 12.6 Å². The molecule has 0 aromatic carbocycles. The number of hydrogen-bond acceptors (Lipinski definition) is 3. The number of urea groups is 1. The Balaban J connectivity index is 2.73. The second kappa shape index (κ2) is 5.46. The fourth-order valence-corrected chi connectivity index (χ4v) is 1.93. The molecule has 0 aromatic heterocycles. The predicted molar refractivity (Wildman–Crippen MR) is 68.7 cm³/mol. The third kappa shape index (κ3) is 3.84. The van der Waals surface area contributed by atoms with Crippen molar-refractivity contribution < 1.29 is 19.5 Å². The van der Waals surface area contributed by atoms with Crippen LogP contribution in [0.3, 0.4) is 0 Å². The van der Waals surface area contributed by atoms with Gasteiger partial charge in [0.25, 0.3) is 0 Å². The maximum Gasteiger partial charge on any atom is 0.323 e. The number of aliphatic carboxylic acids is 1. The third-order valence-electron chi connectivity index (χ3n) is 3.07. The lowest BCUT2D eigenvalue weighted by atomic mass is 10.1. The van der Waals surface area contributed by atoms with Gasteiger partial charge in [-0.2, -0.15) is 0 Å². The average molecular weight is 271 g/mol. The van der Waals surface area contributed by atoms with E-state index in [1.165, 1.54) is 4.90 Å². The minimum Gasteiger partial charge on any atom is -0.480 e. The lowest BCUT2D eigenvalue weighted by Gasteiger charge is -2.35. The normalized spacial score (nSPS) is 19.5. The molecule has 7 nitrogen and oxygen atoms in total. The fourth-order valence-electron chi connectivity index (χ4n) is 1.93. The minimum atomic E-state index is -1.08. The Morgan fingerprint density at radius 2 is 2.05 bits per heavy atom. The summed E-state index contributed by atoms with van der Waals surface area (Å²) in [5.74, 6) is -1.22. The van der Waals surface area contributed by atoms with Gasteiger partial charge in [-0.05, 0) is 27.2 Å². The number of carbonyl (C=O) groups is 3. The van der Waals surface area contributed by atoms with Crippen LogP contribution >= 0.6 is 0 Å². The highest BCUT2D eigenvalue weighted by atomic mass is 16.4. The molecule has 1 aliphatic rings. The molecule has 1 unspecified atom stereocenters. The van der Waals surface area contributed by atoms with Gasteiger partial charge in [-0.15, -0.1) is 0 Å². The van der Waals surface area contributed by atoms with Crippen molar-refractivity contribution in [3.8, 4) is 0 Å². The van der Waals surface area contributed by atoms with Crippen LogP contribution in [-0.4, -0.2) is 64.5 Å². The van der Waals surface area contributed by atoms with Gasteiger partial charge in [0.15, 0.2) is 0 Å². The van der Waals surface area contributed by atoms with Gasteiger partial charge in [-0.1, -0.05) is 0 Å². The molecule has 1 aliphatic heterocycles. The van der Waals surface area contributed by atoms with Crippen LogP contribution in [0.5, 0.6) is 0 Å². The maximum atomic E-state index is 12.1. The second-order valence-corrected chi connectivity index (χ2v) is 5.70. The number of nitrogens with one attached hydrogen (secondary N) is 1. The molecule has 0 radical (unpaired) electrons. The van der Waals surface area contributed by atoms with E-state index >= 15 is 0 Å². The summed E-state index contributed by atoms with van der Waals surface area (Å²) in [5.41, 5.74) is -0.629. The summed E-state index contributed by atoms with van der Waals surface area (Å²) in [4.78, 5) is 37.4. The number of likely N-dealkylation sites (tertiary alicyclic amines) is 1. The Hall–Kier alpha value is -1.79. The number of amides is 3. The molecular formula is C12H21N3O4. The van der Waals surface area contributed by atoms with E-state index in [4.69, 9.17) is 5.11 Å². The van der Waals surface area contributed by atoms with Crippen LogP contribution in [0.2, 0.25) is 0 Å². The van der Waals surface area contributed by atoms with Crippen LogP contribution in [-0.2, 0) is 9.59 Å². The number of nitrogens with zero attached hydrogens (tertiary/aromatic N) is 2. The molecule has 0 aromatic rings. The highest BCUT2D eigenvalue weighted by Crippen LogP contribution is 2.15. The van der Waals surface area contributed by atoms with E-state index in [1.54, 1.807) is 32.7 Å². The van der Waals surface area contributed by atoms with Gasteiger partial charge in [-0.25, -0.2) is 4.79 Å². The number of carboxylic acid groups (broad SMARTS) is 1. The fraction of sp³-hybridized carbons (Fsp3) is 0.750. The first-order valence-corrected chi connectivity index (χ1v) is 6.18. The molecule has 7 heteroatoms. The SMILES string of the molecule is CN1CCC(NC(=O)N(CC(=O)O)C(C)(C)C)C1=O. The van der Waals surface area contributed by atoms with Crippen LogP contribution in [0.15, 0.2) is 0 Å². The minimum absolute atomic E-state index is 0.141. The standard InChI is InChI=1S/C12H21N3O4/c1-12(2,3)15(7-9(16)17)11(19)13-8-5-6-14(4)10(8)18/h8H,5-7H2,1-4H3,(H,13,19)(H,16,17). The number of likely N-dealkylation sites (N-methyl/N-ethyl adjacent to an activating group) is 1. The van der Waals surface area contributed by atoms with Gasteiger partial charge in [0.05, 0.1) is 0 Å². The Morgan fingerprint density at radius 3 is 2.42 bits per heavy atom. The summed E-state index contributed by atoms with van der Waals surface area (Å²) in [7, 11) is 1.67. The Kier molecular flexibility index (Phi) is 4.39. The molecule has 3 amide bonds. The van der Waals surface area contributed by atoms with Crippen molar-refractivity contribution in [1.82, 2.24) is 15.1 Å². The van der Waals surface area contributed by atoms with Gasteiger partial charge in [0, 0.05) is 19.1 Å². The quantitative estimate of drug-likeness (QED) is 0.762. The van der Waals surface area contributed by atoms with Crippen molar-refractivity contribution >= 4 is 17.9 Å². The molecule has 0 spiro atoms. The van der Waals surface area contributed by atoms with Crippen molar-refractivity contribution in [1.29, 1.82) is 0 Å². The van der Waals surface area contributed by atoms with Gasteiger partial charge in [0.2, 0.25) is 5.91 Å². The zero-order chi connectivity index (χ0) is 14.8. The van der Waals surface area contributed by atoms with Gasteiger partial charge < -0.3 is 20.2 Å². The van der Waals surface area contributed by atoms with E-state index in [-0.39, 0.29) is 5.91 Å². The smallest absolute Gasteiger partial charge is 0.323 e. The number of hydrogen-bond donors (Lipinski definition) is 2. The zero-order valence-electron chi connectivity index (χ0n) is 11.8. The summed E-state index contributed by atoms with van der Waals surface area (Å²) < 4.78 is 0. The molecule has 1 atom stereocenters. The summed E-state index contributed by atoms with van der Waals surface area (Å²) in [6, 6.07) is -1.08. The first-order valence-electron chi connectivity index (χ1n) is 6.18. The summed E-state index contributed by atoms with van der Waals surface area (Å²) in [6.45, 7) is 5.44. The largest absolute Gasteiger partial charge is 0.480 e. The van der Waals surface area contributed by atoms with Crippen molar-refractivity contribution in [2.45, 2.75) is 38.8 Å². The molecule has 0 aliphatic carbocycles. The lowest BCUT2D eigenvalue weighted by Crippen LogP contribution is -2.55. The average Bonchev–Trinajstić information content (AvgIpc) is 2.56. The molecule has 0 saturated carbocycles. The lowest BCUT2D eigenvalue weighted by molar-refractivity contribution is -0.138. The topological polar surface area (TPSA) is 90.0 Å². The summed E-state index contributed by atoms with van der Waals surface area (Å²) >= 11 is 0. The van der Waals surface area contributed by atoms with Crippen LogP contribution in [0.25, 0.3) is 0 Å². The number of carboxylic acids is 1. The van der Waals surface area contributed by atoms with Crippen LogP contribution < -0.4 is 5.32 Å². The maximum absolute atomic E-state index is 12.1. The molecule has 1 fully saturated rings. The highest BCUT2D eigenvalue weighted by Gasteiger charge is 2.34. The predicted octanol–water partition coefficient (Wildman–Crippen LogP) is 0.112. The van der Waals surface area contributed by atoms with E-state index < -0.39 is 30.1 Å². The monoisotopic (exact) mass is 271 g/mol. The van der Waals surface area contributed by atoms with E-state index in [1.807, 2.05) is 0 Å².